The first-order chi connectivity index (χ1) is 12.2. The lowest BCUT2D eigenvalue weighted by Gasteiger charge is -2.09. The second-order valence-corrected chi connectivity index (χ2v) is 6.79. The summed E-state index contributed by atoms with van der Waals surface area (Å²) in [6, 6.07) is 4.09. The number of nitrogens with one attached hydrogen (secondary N) is 1. The average molecular weight is 395 g/mol. The van der Waals surface area contributed by atoms with Crippen LogP contribution in [-0.2, 0) is 17.1 Å². The van der Waals surface area contributed by atoms with Gasteiger partial charge in [0.2, 0.25) is 10.0 Å². The predicted octanol–water partition coefficient (Wildman–Crippen LogP) is 1.95. The first kappa shape index (κ1) is 22.3. The van der Waals surface area contributed by atoms with Crippen molar-refractivity contribution in [1.82, 2.24) is 19.7 Å². The lowest BCUT2D eigenvalue weighted by molar-refractivity contribution is 0.416. The van der Waals surface area contributed by atoms with E-state index in [0.29, 0.717) is 28.0 Å². The Balaban J connectivity index is 0.00000118. The van der Waals surface area contributed by atoms with Crippen molar-refractivity contribution in [3.05, 3.63) is 34.2 Å². The summed E-state index contributed by atoms with van der Waals surface area (Å²) < 4.78 is 29.8. The Hall–Kier alpha value is -2.72. The number of aryl methyl sites for hydroxylation is 2. The highest BCUT2D eigenvalue weighted by Gasteiger charge is 2.18. The zero-order valence-electron chi connectivity index (χ0n) is 15.2. The van der Waals surface area contributed by atoms with Crippen molar-refractivity contribution in [2.75, 3.05) is 7.11 Å². The summed E-state index contributed by atoms with van der Waals surface area (Å²) >= 11 is 0. The molecule has 9 nitrogen and oxygen atoms in total. The highest BCUT2D eigenvalue weighted by atomic mass is 32.2. The molecular formula is C17H25N5O4S. The largest absolute Gasteiger partial charge is 0.496 e. The first-order valence-electron chi connectivity index (χ1n) is 7.87. The smallest absolute Gasteiger partial charge is 0.277 e. The van der Waals surface area contributed by atoms with Gasteiger partial charge >= 0.3 is 0 Å². The van der Waals surface area contributed by atoms with Crippen molar-refractivity contribution in [2.45, 2.75) is 33.1 Å². The molecule has 0 unspecified atom stereocenters. The molecule has 0 radical (unpaired) electrons. The minimum absolute atomic E-state index is 0. The van der Waals surface area contributed by atoms with Crippen molar-refractivity contribution in [2.24, 2.45) is 12.2 Å². The summed E-state index contributed by atoms with van der Waals surface area (Å²) in [7, 11) is -0.828. The second kappa shape index (κ2) is 8.31. The quantitative estimate of drug-likeness (QED) is 0.696. The molecule has 2 aromatic heterocycles. The molecule has 0 amide bonds. The second-order valence-electron chi connectivity index (χ2n) is 5.23. The number of fused-ring (bicyclic) bond motifs is 1. The van der Waals surface area contributed by atoms with E-state index in [0.717, 1.165) is 0 Å². The van der Waals surface area contributed by atoms with E-state index in [-0.39, 0.29) is 23.7 Å². The van der Waals surface area contributed by atoms with Crippen molar-refractivity contribution >= 4 is 21.1 Å². The van der Waals surface area contributed by atoms with Gasteiger partial charge in [-0.1, -0.05) is 21.3 Å². The monoisotopic (exact) mass is 395 g/mol. The molecule has 0 aliphatic rings. The summed E-state index contributed by atoms with van der Waals surface area (Å²) in [6.45, 7) is 5.73. The fourth-order valence-corrected chi connectivity index (χ4v) is 3.06. The van der Waals surface area contributed by atoms with Gasteiger partial charge in [-0.2, -0.15) is 5.10 Å². The number of nitrogens with two attached hydrogens (primary N) is 1. The molecule has 0 saturated carbocycles. The van der Waals surface area contributed by atoms with Crippen molar-refractivity contribution in [3.8, 4) is 17.1 Å². The van der Waals surface area contributed by atoms with Crippen LogP contribution in [0.15, 0.2) is 27.9 Å². The Kier molecular flexibility index (Phi) is 6.87. The van der Waals surface area contributed by atoms with E-state index in [2.05, 4.69) is 15.1 Å². The van der Waals surface area contributed by atoms with Crippen LogP contribution in [0.2, 0.25) is 0 Å². The van der Waals surface area contributed by atoms with Crippen LogP contribution >= 0.6 is 0 Å². The van der Waals surface area contributed by atoms with Gasteiger partial charge in [0, 0.05) is 7.05 Å². The Morgan fingerprint density at radius 2 is 1.89 bits per heavy atom. The molecule has 0 saturated heterocycles. The highest BCUT2D eigenvalue weighted by Crippen LogP contribution is 2.30. The summed E-state index contributed by atoms with van der Waals surface area (Å²) in [5, 5.41) is 9.34. The maximum Gasteiger partial charge on any atom is 0.277 e. The van der Waals surface area contributed by atoms with Crippen LogP contribution in [0.3, 0.4) is 0 Å². The third-order valence-corrected chi connectivity index (χ3v) is 4.53. The number of primary sulfonamides is 1. The normalized spacial score (nSPS) is 10.7. The average Bonchev–Trinajstić information content (AvgIpc) is 2.89. The van der Waals surface area contributed by atoms with Crippen molar-refractivity contribution in [1.29, 1.82) is 0 Å². The van der Waals surface area contributed by atoms with Crippen LogP contribution in [0, 0.1) is 6.92 Å². The van der Waals surface area contributed by atoms with E-state index in [1.54, 1.807) is 14.0 Å². The zero-order valence-corrected chi connectivity index (χ0v) is 16.0. The predicted molar refractivity (Wildman–Crippen MR) is 105 cm³/mol. The Morgan fingerprint density at radius 1 is 1.26 bits per heavy atom. The van der Waals surface area contributed by atoms with Crippen LogP contribution in [0.4, 0.5) is 0 Å². The number of H-pyrrole nitrogens is 1. The number of hydrogen-bond acceptors (Lipinski definition) is 6. The van der Waals surface area contributed by atoms with Gasteiger partial charge < -0.3 is 9.72 Å². The van der Waals surface area contributed by atoms with E-state index in [4.69, 9.17) is 9.88 Å². The van der Waals surface area contributed by atoms with Gasteiger partial charge in [0.1, 0.15) is 17.1 Å². The summed E-state index contributed by atoms with van der Waals surface area (Å²) in [5.74, 6) is 0.525. The van der Waals surface area contributed by atoms with Crippen molar-refractivity contribution < 1.29 is 13.2 Å². The molecule has 10 heteroatoms. The maximum atomic E-state index is 12.3. The van der Waals surface area contributed by atoms with Gasteiger partial charge in [0.15, 0.2) is 5.52 Å². The molecule has 0 aliphatic carbocycles. The fourth-order valence-electron chi connectivity index (χ4n) is 2.52. The van der Waals surface area contributed by atoms with Gasteiger partial charge in [-0.05, 0) is 25.1 Å². The number of hydrogen-bond donors (Lipinski definition) is 2. The molecule has 0 spiro atoms. The number of benzene rings is 1. The summed E-state index contributed by atoms with van der Waals surface area (Å²) in [6.07, 6.45) is 0. The molecule has 3 rings (SSSR count). The molecule has 0 fully saturated rings. The summed E-state index contributed by atoms with van der Waals surface area (Å²) in [4.78, 5) is 19.3. The zero-order chi connectivity index (χ0) is 19.6. The van der Waals surface area contributed by atoms with E-state index in [9.17, 15) is 13.2 Å². The molecule has 148 valence electrons. The van der Waals surface area contributed by atoms with E-state index in [1.807, 2.05) is 13.8 Å². The number of aromatic nitrogens is 4. The molecular weight excluding hydrogens is 370 g/mol. The number of sulfonamides is 1. The van der Waals surface area contributed by atoms with Gasteiger partial charge in [-0.3, -0.25) is 9.48 Å². The van der Waals surface area contributed by atoms with E-state index in [1.165, 1.54) is 30.0 Å². The molecule has 3 aromatic rings. The molecule has 2 heterocycles. The Morgan fingerprint density at radius 3 is 2.44 bits per heavy atom. The molecule has 3 N–H and O–H groups in total. The first-order valence-corrected chi connectivity index (χ1v) is 9.42. The third kappa shape index (κ3) is 4.17. The van der Waals surface area contributed by atoms with Crippen LogP contribution in [0.5, 0.6) is 5.75 Å². The van der Waals surface area contributed by atoms with Crippen LogP contribution in [0.25, 0.3) is 22.4 Å². The van der Waals surface area contributed by atoms with E-state index >= 15 is 0 Å². The van der Waals surface area contributed by atoms with Crippen molar-refractivity contribution in [3.63, 3.8) is 0 Å². The molecule has 0 aliphatic heterocycles. The minimum Gasteiger partial charge on any atom is -0.496 e. The number of methoxy groups -OCH3 is 1. The highest BCUT2D eigenvalue weighted by molar-refractivity contribution is 7.89. The molecule has 27 heavy (non-hydrogen) atoms. The van der Waals surface area contributed by atoms with Gasteiger partial charge in [0.25, 0.3) is 5.56 Å². The standard InChI is InChI=1S/C14H15N5O4S.C2H6.CH4/c1-7-11-12(19(2)18-7)14(20)17-13(16-11)9-6-8(24(15,21)22)4-5-10(9)23-3;1-2;/h4-6H,1-3H3,(H2,15,21,22)(H,16,17,20);1-2H3;1H4. The number of nitrogens with zero attached hydrogens (tertiary/aromatic N) is 3. The van der Waals surface area contributed by atoms with E-state index < -0.39 is 10.0 Å². The fraction of sp³-hybridized carbons (Fsp3) is 0.353. The Bertz CT molecular complexity index is 1120. The maximum absolute atomic E-state index is 12.3. The lowest BCUT2D eigenvalue weighted by Crippen LogP contribution is -2.14. The van der Waals surface area contributed by atoms with Crippen LogP contribution < -0.4 is 15.4 Å². The number of ether oxygens (including phenoxy) is 1. The van der Waals surface area contributed by atoms with Crippen LogP contribution in [0.1, 0.15) is 27.0 Å². The third-order valence-electron chi connectivity index (χ3n) is 3.62. The number of aromatic amines is 1. The topological polar surface area (TPSA) is 133 Å². The molecule has 0 atom stereocenters. The van der Waals surface area contributed by atoms with Gasteiger partial charge in [-0.15, -0.1) is 0 Å². The lowest BCUT2D eigenvalue weighted by atomic mass is 10.2. The molecule has 1 aromatic carbocycles. The van der Waals surface area contributed by atoms with Crippen LogP contribution in [-0.4, -0.2) is 35.3 Å². The van der Waals surface area contributed by atoms with Gasteiger partial charge in [-0.25, -0.2) is 18.5 Å². The minimum atomic E-state index is -3.91. The summed E-state index contributed by atoms with van der Waals surface area (Å²) in [5.41, 5.74) is 1.27. The Labute approximate surface area is 158 Å². The van der Waals surface area contributed by atoms with Gasteiger partial charge in [0.05, 0.1) is 23.3 Å². The SMILES string of the molecule is C.CC.COc1ccc(S(N)(=O)=O)cc1-c1nc2c(C)nn(C)c2c(=O)[nH]1. The number of rotatable bonds is 3. The molecule has 0 bridgehead atoms.